The number of aromatic nitrogens is 4. The van der Waals surface area contributed by atoms with Crippen molar-refractivity contribution in [2.24, 2.45) is 0 Å². The molecule has 0 spiro atoms. The molecule has 0 saturated carbocycles. The second kappa shape index (κ2) is 16.3. The van der Waals surface area contributed by atoms with Gasteiger partial charge in [0.15, 0.2) is 5.69 Å². The molecular weight excluding hydrogens is 668 g/mol. The van der Waals surface area contributed by atoms with Crippen LogP contribution in [0.15, 0.2) is 54.7 Å². The van der Waals surface area contributed by atoms with Crippen LogP contribution in [0, 0.1) is 0 Å². The fourth-order valence-corrected chi connectivity index (χ4v) is 6.24. The van der Waals surface area contributed by atoms with Crippen LogP contribution in [0.2, 0.25) is 0 Å². The molecule has 1 atom stereocenters. The molecule has 6 rings (SSSR count). The summed E-state index contributed by atoms with van der Waals surface area (Å²) in [5, 5.41) is 23.9. The lowest BCUT2D eigenvalue weighted by atomic mass is 9.94. The summed E-state index contributed by atoms with van der Waals surface area (Å²) in [6.45, 7) is 4.08. The van der Waals surface area contributed by atoms with Crippen LogP contribution in [0.1, 0.15) is 32.5 Å². The third-order valence-corrected chi connectivity index (χ3v) is 8.77. The minimum Gasteiger partial charge on any atom is -0.507 e. The lowest BCUT2D eigenvalue weighted by Gasteiger charge is -2.18. The van der Waals surface area contributed by atoms with E-state index in [0.717, 1.165) is 21.9 Å². The van der Waals surface area contributed by atoms with Gasteiger partial charge in [-0.25, -0.2) is 4.68 Å². The maximum Gasteiger partial charge on any atom is 0.277 e. The van der Waals surface area contributed by atoms with E-state index < -0.39 is 5.91 Å². The van der Waals surface area contributed by atoms with Crippen molar-refractivity contribution >= 4 is 56.5 Å². The van der Waals surface area contributed by atoms with Crippen molar-refractivity contribution in [3.8, 4) is 11.5 Å². The van der Waals surface area contributed by atoms with Crippen LogP contribution in [0.25, 0.3) is 21.7 Å². The summed E-state index contributed by atoms with van der Waals surface area (Å²) in [5.41, 5.74) is 3.21. The maximum atomic E-state index is 13.9. The van der Waals surface area contributed by atoms with Gasteiger partial charge in [-0.2, -0.15) is 0 Å². The number of fused-ring (bicyclic) bond motifs is 4. The fourth-order valence-electron chi connectivity index (χ4n) is 5.99. The molecule has 0 unspecified atom stereocenters. The Hall–Kier alpha value is -4.73. The van der Waals surface area contributed by atoms with Gasteiger partial charge in [-0.15, -0.1) is 16.7 Å². The van der Waals surface area contributed by atoms with Crippen molar-refractivity contribution in [1.29, 1.82) is 0 Å². The molecule has 2 aromatic heterocycles. The third-order valence-electron chi connectivity index (χ3n) is 8.40. The average molecular weight is 707 g/mol. The summed E-state index contributed by atoms with van der Waals surface area (Å²) in [5.74, 6) is 0.0827. The lowest BCUT2D eigenvalue weighted by molar-refractivity contribution is 0.00244. The molecule has 264 valence electrons. The lowest BCUT2D eigenvalue weighted by Crippen LogP contribution is -2.30. The number of methoxy groups -OCH3 is 2. The quantitative estimate of drug-likeness (QED) is 0.0924. The second-order valence-electron chi connectivity index (χ2n) is 11.6. The van der Waals surface area contributed by atoms with Crippen molar-refractivity contribution in [3.05, 3.63) is 71.7 Å². The maximum absolute atomic E-state index is 13.9. The summed E-state index contributed by atoms with van der Waals surface area (Å²) in [7, 11) is 3.20. The summed E-state index contributed by atoms with van der Waals surface area (Å²) >= 11 is 6.41. The Kier molecular flexibility index (Phi) is 11.5. The van der Waals surface area contributed by atoms with Gasteiger partial charge in [0, 0.05) is 58.9 Å². The number of nitrogens with one attached hydrogen (secondary N) is 2. The van der Waals surface area contributed by atoms with Gasteiger partial charge in [-0.05, 0) is 35.9 Å². The highest BCUT2D eigenvalue weighted by Gasteiger charge is 2.36. The standard InChI is InChI=1S/C35H39ClN6O8/c1-46-10-11-49-14-15-50-13-12-48-9-8-41-21-28(39-40-41)34(44)37-24-6-7-26-22(16-24)17-27(38-26)35(45)42-20-23(19-36)32-29(42)18-30(43)25-4-3-5-31(47-2)33(25)32/h3-7,16-18,21,23,38,43H,8-15,19-20H2,1-2H3,(H,37,44)/t23-/m1/s1. The molecular formula is C35H39ClN6O8. The van der Waals surface area contributed by atoms with Gasteiger partial charge in [-0.1, -0.05) is 17.3 Å². The number of carbonyl (C=O) groups is 2. The number of aromatic amines is 1. The number of halogens is 1. The molecule has 1 aliphatic heterocycles. The Morgan fingerprint density at radius 2 is 1.76 bits per heavy atom. The number of rotatable bonds is 17. The smallest absolute Gasteiger partial charge is 0.277 e. The van der Waals surface area contributed by atoms with Crippen LogP contribution in [-0.4, -0.2) is 110 Å². The first-order valence-electron chi connectivity index (χ1n) is 16.2. The molecule has 5 aromatic rings. The van der Waals surface area contributed by atoms with E-state index in [2.05, 4.69) is 20.6 Å². The topological polar surface area (TPSA) is 162 Å². The molecule has 3 N–H and O–H groups in total. The molecule has 0 aliphatic carbocycles. The number of aromatic hydroxyl groups is 1. The number of amides is 2. The monoisotopic (exact) mass is 706 g/mol. The Morgan fingerprint density at radius 3 is 2.50 bits per heavy atom. The van der Waals surface area contributed by atoms with Crippen LogP contribution in [0.5, 0.6) is 11.5 Å². The van der Waals surface area contributed by atoms with Crippen LogP contribution in [0.3, 0.4) is 0 Å². The van der Waals surface area contributed by atoms with Crippen molar-refractivity contribution in [3.63, 3.8) is 0 Å². The number of phenols is 1. The van der Waals surface area contributed by atoms with E-state index in [1.165, 1.54) is 4.68 Å². The second-order valence-corrected chi connectivity index (χ2v) is 11.9. The van der Waals surface area contributed by atoms with E-state index in [0.29, 0.717) is 87.5 Å². The normalized spacial score (nSPS) is 14.1. The summed E-state index contributed by atoms with van der Waals surface area (Å²) < 4.78 is 28.4. The van der Waals surface area contributed by atoms with Crippen LogP contribution in [0.4, 0.5) is 11.4 Å². The van der Waals surface area contributed by atoms with Crippen molar-refractivity contribution in [1.82, 2.24) is 20.0 Å². The van der Waals surface area contributed by atoms with E-state index in [4.69, 9.17) is 35.3 Å². The molecule has 2 amide bonds. The number of hydrogen-bond donors (Lipinski definition) is 3. The minimum atomic E-state index is -0.423. The van der Waals surface area contributed by atoms with Gasteiger partial charge in [0.2, 0.25) is 0 Å². The number of nitrogens with zero attached hydrogens (tertiary/aromatic N) is 4. The first-order valence-corrected chi connectivity index (χ1v) is 16.7. The van der Waals surface area contributed by atoms with Crippen molar-refractivity contribution < 1.29 is 38.4 Å². The largest absolute Gasteiger partial charge is 0.507 e. The molecule has 0 saturated heterocycles. The van der Waals surface area contributed by atoms with Gasteiger partial charge < -0.3 is 44.0 Å². The number of phenolic OH excluding ortho intramolecular Hbond substituents is 1. The van der Waals surface area contributed by atoms with Crippen molar-refractivity contribution in [2.45, 2.75) is 12.5 Å². The molecule has 1 aliphatic rings. The number of carbonyl (C=O) groups excluding carboxylic acids is 2. The SMILES string of the molecule is COCCOCCOCCOCCn1cc(C(=O)Nc2ccc3[nH]c(C(=O)N4C[C@@H](CCl)c5c4cc(O)c4cccc(OC)c54)cc3c2)nn1. The number of hydrogen-bond acceptors (Lipinski definition) is 10. The number of anilines is 2. The van der Waals surface area contributed by atoms with Gasteiger partial charge in [0.25, 0.3) is 11.8 Å². The molecule has 0 radical (unpaired) electrons. The van der Waals surface area contributed by atoms with E-state index in [1.54, 1.807) is 55.6 Å². The predicted octanol–water partition coefficient (Wildman–Crippen LogP) is 4.56. The molecule has 0 fully saturated rings. The summed E-state index contributed by atoms with van der Waals surface area (Å²) in [6, 6.07) is 14.1. The van der Waals surface area contributed by atoms with E-state index in [9.17, 15) is 14.7 Å². The fraction of sp³-hybridized carbons (Fsp3) is 0.371. The minimum absolute atomic E-state index is 0.0496. The number of alkyl halides is 1. The Morgan fingerprint density at radius 1 is 1.00 bits per heavy atom. The Bertz CT molecular complexity index is 1960. The number of H-pyrrole nitrogens is 1. The zero-order valence-corrected chi connectivity index (χ0v) is 28.6. The zero-order valence-electron chi connectivity index (χ0n) is 27.8. The van der Waals surface area contributed by atoms with Crippen molar-refractivity contribution in [2.75, 3.05) is 83.1 Å². The van der Waals surface area contributed by atoms with E-state index in [-0.39, 0.29) is 29.1 Å². The highest BCUT2D eigenvalue weighted by molar-refractivity contribution is 6.19. The summed E-state index contributed by atoms with van der Waals surface area (Å²) in [4.78, 5) is 31.7. The van der Waals surface area contributed by atoms with Gasteiger partial charge in [0.05, 0.1) is 71.8 Å². The Balaban J connectivity index is 1.06. The predicted molar refractivity (Wildman–Crippen MR) is 188 cm³/mol. The molecule has 3 heterocycles. The Labute approximate surface area is 293 Å². The van der Waals surface area contributed by atoms with Crippen LogP contribution >= 0.6 is 11.6 Å². The van der Waals surface area contributed by atoms with Gasteiger partial charge in [-0.3, -0.25) is 9.59 Å². The van der Waals surface area contributed by atoms with E-state index >= 15 is 0 Å². The molecule has 15 heteroatoms. The summed E-state index contributed by atoms with van der Waals surface area (Å²) in [6.07, 6.45) is 1.55. The molecule has 50 heavy (non-hydrogen) atoms. The molecule has 0 bridgehead atoms. The first kappa shape index (κ1) is 35.1. The highest BCUT2D eigenvalue weighted by Crippen LogP contribution is 2.48. The van der Waals surface area contributed by atoms with Gasteiger partial charge in [0.1, 0.15) is 17.2 Å². The zero-order chi connectivity index (χ0) is 35.0. The number of ether oxygens (including phenoxy) is 5. The first-order chi connectivity index (χ1) is 24.4. The molecule has 14 nitrogen and oxygen atoms in total. The van der Waals surface area contributed by atoms with Crippen LogP contribution < -0.4 is 15.0 Å². The average Bonchev–Trinajstić information content (AvgIpc) is 3.87. The van der Waals surface area contributed by atoms with Gasteiger partial charge >= 0.3 is 0 Å². The van der Waals surface area contributed by atoms with Crippen LogP contribution in [-0.2, 0) is 25.5 Å². The van der Waals surface area contributed by atoms with E-state index in [1.807, 2.05) is 18.2 Å². The number of benzene rings is 3. The highest BCUT2D eigenvalue weighted by atomic mass is 35.5. The third kappa shape index (κ3) is 7.69. The molecule has 3 aromatic carbocycles.